The summed E-state index contributed by atoms with van der Waals surface area (Å²) in [5.74, 6) is -1.79. The van der Waals surface area contributed by atoms with Gasteiger partial charge in [0.15, 0.2) is 0 Å². The van der Waals surface area contributed by atoms with Crippen LogP contribution in [0.15, 0.2) is 0 Å². The molecular formula is C13H24N4O4. The fraction of sp³-hybridized carbons (Fsp3) is 0.769. The van der Waals surface area contributed by atoms with Crippen molar-refractivity contribution < 1.29 is 19.5 Å². The molecule has 0 aliphatic carbocycles. The Labute approximate surface area is 124 Å². The number of nitrogens with zero attached hydrogens (tertiary/aromatic N) is 1. The SMILES string of the molecule is CC(NC(=O)[C@@H](N)C(C)C)C(=O)N1CCC[C@@H](C(=O)O)N1. The average molecular weight is 300 g/mol. The fourth-order valence-electron chi connectivity index (χ4n) is 2.03. The van der Waals surface area contributed by atoms with E-state index in [1.807, 2.05) is 13.8 Å². The maximum absolute atomic E-state index is 12.2. The lowest BCUT2D eigenvalue weighted by atomic mass is 10.0. The number of amides is 2. The Kier molecular flexibility index (Phi) is 6.10. The quantitative estimate of drug-likeness (QED) is 0.519. The van der Waals surface area contributed by atoms with Crippen molar-refractivity contribution in [2.24, 2.45) is 11.7 Å². The van der Waals surface area contributed by atoms with E-state index in [0.29, 0.717) is 19.4 Å². The molecule has 1 heterocycles. The van der Waals surface area contributed by atoms with Crippen molar-refractivity contribution in [3.8, 4) is 0 Å². The molecule has 1 saturated heterocycles. The van der Waals surface area contributed by atoms with Crippen LogP contribution in [0, 0.1) is 5.92 Å². The van der Waals surface area contributed by atoms with Crippen LogP contribution in [0.1, 0.15) is 33.6 Å². The van der Waals surface area contributed by atoms with Crippen molar-refractivity contribution >= 4 is 17.8 Å². The average Bonchev–Trinajstić information content (AvgIpc) is 2.45. The maximum Gasteiger partial charge on any atom is 0.322 e. The highest BCUT2D eigenvalue weighted by atomic mass is 16.4. The van der Waals surface area contributed by atoms with E-state index in [1.165, 1.54) is 5.01 Å². The van der Waals surface area contributed by atoms with Crippen LogP contribution in [0.3, 0.4) is 0 Å². The lowest BCUT2D eigenvalue weighted by Crippen LogP contribution is -2.60. The summed E-state index contributed by atoms with van der Waals surface area (Å²) in [7, 11) is 0. The molecule has 1 fully saturated rings. The molecule has 0 saturated carbocycles. The lowest BCUT2D eigenvalue weighted by molar-refractivity contribution is -0.148. The summed E-state index contributed by atoms with van der Waals surface area (Å²) in [5, 5.41) is 12.8. The van der Waals surface area contributed by atoms with E-state index in [0.717, 1.165) is 0 Å². The minimum absolute atomic E-state index is 0.0307. The monoisotopic (exact) mass is 300 g/mol. The summed E-state index contributed by atoms with van der Waals surface area (Å²) in [4.78, 5) is 35.0. The predicted molar refractivity (Wildman–Crippen MR) is 75.9 cm³/mol. The van der Waals surface area contributed by atoms with Crippen molar-refractivity contribution in [3.63, 3.8) is 0 Å². The van der Waals surface area contributed by atoms with Crippen LogP contribution in [-0.4, -0.2) is 52.6 Å². The van der Waals surface area contributed by atoms with Gasteiger partial charge in [-0.25, -0.2) is 5.43 Å². The normalized spacial score (nSPS) is 21.8. The van der Waals surface area contributed by atoms with Crippen molar-refractivity contribution in [2.45, 2.75) is 51.7 Å². The number of carboxylic acids is 1. The second kappa shape index (κ2) is 7.37. The van der Waals surface area contributed by atoms with Crippen molar-refractivity contribution in [2.75, 3.05) is 6.54 Å². The predicted octanol–water partition coefficient (Wildman–Crippen LogP) is -0.945. The minimum atomic E-state index is -0.994. The fourth-order valence-corrected chi connectivity index (χ4v) is 2.03. The van der Waals surface area contributed by atoms with Gasteiger partial charge in [-0.15, -0.1) is 0 Å². The van der Waals surface area contributed by atoms with E-state index in [4.69, 9.17) is 10.8 Å². The smallest absolute Gasteiger partial charge is 0.322 e. The molecule has 21 heavy (non-hydrogen) atoms. The largest absolute Gasteiger partial charge is 0.480 e. The zero-order valence-electron chi connectivity index (χ0n) is 12.6. The van der Waals surface area contributed by atoms with Gasteiger partial charge in [0, 0.05) is 6.54 Å². The van der Waals surface area contributed by atoms with Gasteiger partial charge in [-0.2, -0.15) is 0 Å². The molecule has 1 rings (SSSR count). The molecule has 0 radical (unpaired) electrons. The molecule has 5 N–H and O–H groups in total. The number of rotatable bonds is 5. The van der Waals surface area contributed by atoms with Gasteiger partial charge in [0.1, 0.15) is 12.1 Å². The zero-order valence-corrected chi connectivity index (χ0v) is 12.6. The molecule has 1 aliphatic heterocycles. The molecule has 2 amide bonds. The summed E-state index contributed by atoms with van der Waals surface area (Å²) in [6.45, 7) is 5.61. The number of carbonyl (C=O) groups is 3. The first-order valence-corrected chi connectivity index (χ1v) is 7.10. The molecule has 8 nitrogen and oxygen atoms in total. The van der Waals surface area contributed by atoms with Crippen LogP contribution in [-0.2, 0) is 14.4 Å². The van der Waals surface area contributed by atoms with E-state index in [1.54, 1.807) is 6.92 Å². The maximum atomic E-state index is 12.2. The van der Waals surface area contributed by atoms with Gasteiger partial charge in [0.25, 0.3) is 5.91 Å². The number of carbonyl (C=O) groups excluding carboxylic acids is 2. The summed E-state index contributed by atoms with van der Waals surface area (Å²) in [6.07, 6.45) is 1.07. The zero-order chi connectivity index (χ0) is 16.2. The first-order chi connectivity index (χ1) is 9.73. The lowest BCUT2D eigenvalue weighted by Gasteiger charge is -2.33. The van der Waals surface area contributed by atoms with Crippen molar-refractivity contribution in [1.29, 1.82) is 0 Å². The van der Waals surface area contributed by atoms with E-state index < -0.39 is 30.0 Å². The Balaban J connectivity index is 2.57. The van der Waals surface area contributed by atoms with E-state index >= 15 is 0 Å². The first kappa shape index (κ1) is 17.4. The van der Waals surface area contributed by atoms with Crippen LogP contribution in [0.2, 0.25) is 0 Å². The molecule has 1 unspecified atom stereocenters. The Morgan fingerprint density at radius 1 is 1.33 bits per heavy atom. The van der Waals surface area contributed by atoms with Crippen LogP contribution in [0.25, 0.3) is 0 Å². The third-order valence-corrected chi connectivity index (χ3v) is 3.50. The highest BCUT2D eigenvalue weighted by Gasteiger charge is 2.31. The second-order valence-electron chi connectivity index (χ2n) is 5.65. The molecule has 0 aromatic carbocycles. The number of nitrogens with two attached hydrogens (primary N) is 1. The Morgan fingerprint density at radius 2 is 1.95 bits per heavy atom. The third-order valence-electron chi connectivity index (χ3n) is 3.50. The van der Waals surface area contributed by atoms with Crippen LogP contribution >= 0.6 is 0 Å². The van der Waals surface area contributed by atoms with Gasteiger partial charge in [0.05, 0.1) is 6.04 Å². The molecule has 0 aromatic heterocycles. The Hall–Kier alpha value is -1.67. The minimum Gasteiger partial charge on any atom is -0.480 e. The van der Waals surface area contributed by atoms with E-state index in [9.17, 15) is 14.4 Å². The highest BCUT2D eigenvalue weighted by molar-refractivity contribution is 5.89. The van der Waals surface area contributed by atoms with Crippen molar-refractivity contribution in [1.82, 2.24) is 15.8 Å². The van der Waals surface area contributed by atoms with Gasteiger partial charge in [-0.1, -0.05) is 13.8 Å². The van der Waals surface area contributed by atoms with Gasteiger partial charge < -0.3 is 16.2 Å². The number of carboxylic acid groups (broad SMARTS) is 1. The number of nitrogens with one attached hydrogen (secondary N) is 2. The molecule has 0 bridgehead atoms. The van der Waals surface area contributed by atoms with Gasteiger partial charge in [0.2, 0.25) is 5.91 Å². The summed E-state index contributed by atoms with van der Waals surface area (Å²) < 4.78 is 0. The summed E-state index contributed by atoms with van der Waals surface area (Å²) in [5.41, 5.74) is 8.38. The Morgan fingerprint density at radius 3 is 2.48 bits per heavy atom. The third kappa shape index (κ3) is 4.68. The highest BCUT2D eigenvalue weighted by Crippen LogP contribution is 2.09. The molecule has 8 heteroatoms. The van der Waals surface area contributed by atoms with Crippen LogP contribution in [0.4, 0.5) is 0 Å². The second-order valence-corrected chi connectivity index (χ2v) is 5.65. The molecular weight excluding hydrogens is 276 g/mol. The topological polar surface area (TPSA) is 125 Å². The molecule has 120 valence electrons. The van der Waals surface area contributed by atoms with E-state index in [2.05, 4.69) is 10.7 Å². The molecule has 1 aliphatic rings. The number of hydrazine groups is 1. The number of hydrogen-bond acceptors (Lipinski definition) is 5. The summed E-state index contributed by atoms with van der Waals surface area (Å²) >= 11 is 0. The molecule has 0 spiro atoms. The van der Waals surface area contributed by atoms with Crippen LogP contribution in [0.5, 0.6) is 0 Å². The summed E-state index contributed by atoms with van der Waals surface area (Å²) in [6, 6.07) is -2.22. The van der Waals surface area contributed by atoms with Gasteiger partial charge >= 0.3 is 5.97 Å². The van der Waals surface area contributed by atoms with Gasteiger partial charge in [-0.3, -0.25) is 19.4 Å². The number of aliphatic carboxylic acids is 1. The standard InChI is InChI=1S/C13H24N4O4/c1-7(2)10(14)11(18)15-8(3)12(19)17-6-4-5-9(16-17)13(20)21/h7-10,16H,4-6,14H2,1-3H3,(H,15,18)(H,20,21)/t8?,9-,10-/m0/s1. The van der Waals surface area contributed by atoms with E-state index in [-0.39, 0.29) is 11.8 Å². The van der Waals surface area contributed by atoms with Gasteiger partial charge in [-0.05, 0) is 25.7 Å². The first-order valence-electron chi connectivity index (χ1n) is 7.10. The molecule has 3 atom stereocenters. The number of hydrogen-bond donors (Lipinski definition) is 4. The Bertz CT molecular complexity index is 413. The van der Waals surface area contributed by atoms with Crippen LogP contribution < -0.4 is 16.5 Å². The van der Waals surface area contributed by atoms with Crippen molar-refractivity contribution in [3.05, 3.63) is 0 Å². The molecule has 0 aromatic rings.